The topological polar surface area (TPSA) is 65.4 Å². The molecular weight excluding hydrogens is 218 g/mol. The summed E-state index contributed by atoms with van der Waals surface area (Å²) in [5.74, 6) is 0.784. The summed E-state index contributed by atoms with van der Waals surface area (Å²) < 4.78 is 5.07. The lowest BCUT2D eigenvalue weighted by Crippen LogP contribution is -2.28. The first-order valence-electron chi connectivity index (χ1n) is 5.31. The molecule has 1 atom stereocenters. The summed E-state index contributed by atoms with van der Waals surface area (Å²) in [6.07, 6.45) is 0. The first kappa shape index (κ1) is 11.3. The van der Waals surface area contributed by atoms with Gasteiger partial charge in [0.1, 0.15) is 12.3 Å². The van der Waals surface area contributed by atoms with E-state index in [1.54, 1.807) is 7.11 Å². The van der Waals surface area contributed by atoms with Crippen molar-refractivity contribution in [2.45, 2.75) is 6.04 Å². The van der Waals surface area contributed by atoms with Gasteiger partial charge in [0, 0.05) is 6.54 Å². The molecule has 5 heteroatoms. The van der Waals surface area contributed by atoms with Gasteiger partial charge in [-0.05, 0) is 17.7 Å². The normalized spacial score (nSPS) is 18.7. The quantitative estimate of drug-likeness (QED) is 0.797. The van der Waals surface area contributed by atoms with Gasteiger partial charge in [0.15, 0.2) is 0 Å². The molecule has 17 heavy (non-hydrogen) atoms. The Kier molecular flexibility index (Phi) is 3.15. The van der Waals surface area contributed by atoms with E-state index >= 15 is 0 Å². The number of benzene rings is 1. The van der Waals surface area contributed by atoms with Crippen molar-refractivity contribution in [1.29, 1.82) is 5.26 Å². The Morgan fingerprint density at radius 1 is 1.53 bits per heavy atom. The molecular formula is C12H13N3O2. The second-order valence-corrected chi connectivity index (χ2v) is 3.81. The van der Waals surface area contributed by atoms with Gasteiger partial charge >= 0.3 is 6.03 Å². The lowest BCUT2D eigenvalue weighted by molar-refractivity contribution is 0.222. The predicted molar refractivity (Wildman–Crippen MR) is 61.5 cm³/mol. The lowest BCUT2D eigenvalue weighted by Gasteiger charge is -2.11. The van der Waals surface area contributed by atoms with Crippen LogP contribution in [0.1, 0.15) is 11.6 Å². The molecule has 1 aliphatic heterocycles. The Labute approximate surface area is 99.6 Å². The number of amides is 2. The van der Waals surface area contributed by atoms with Crippen molar-refractivity contribution in [3.63, 3.8) is 0 Å². The van der Waals surface area contributed by atoms with Crippen LogP contribution in [0.4, 0.5) is 4.79 Å². The highest BCUT2D eigenvalue weighted by Crippen LogP contribution is 2.22. The van der Waals surface area contributed by atoms with Crippen molar-refractivity contribution in [3.05, 3.63) is 29.8 Å². The van der Waals surface area contributed by atoms with Crippen molar-refractivity contribution in [2.75, 3.05) is 20.2 Å². The van der Waals surface area contributed by atoms with E-state index in [0.717, 1.165) is 11.3 Å². The van der Waals surface area contributed by atoms with Crippen LogP contribution in [0.3, 0.4) is 0 Å². The molecule has 5 nitrogen and oxygen atoms in total. The van der Waals surface area contributed by atoms with Gasteiger partial charge in [-0.1, -0.05) is 12.1 Å². The van der Waals surface area contributed by atoms with E-state index in [9.17, 15) is 4.79 Å². The molecule has 1 saturated heterocycles. The standard InChI is InChI=1S/C12H13N3O2/c1-17-10-4-2-9(3-5-10)11-8-15(7-6-13)12(16)14-11/h2-5,11H,7-8H2,1H3,(H,14,16). The number of carbonyl (C=O) groups excluding carboxylic acids is 1. The molecule has 0 bridgehead atoms. The lowest BCUT2D eigenvalue weighted by atomic mass is 10.1. The Balaban J connectivity index is 2.09. The van der Waals surface area contributed by atoms with Crippen LogP contribution >= 0.6 is 0 Å². The fraction of sp³-hybridized carbons (Fsp3) is 0.333. The fourth-order valence-corrected chi connectivity index (χ4v) is 1.84. The summed E-state index contributed by atoms with van der Waals surface area (Å²) in [6, 6.07) is 9.28. The van der Waals surface area contributed by atoms with Crippen molar-refractivity contribution in [3.8, 4) is 11.8 Å². The molecule has 1 aliphatic rings. The highest BCUT2D eigenvalue weighted by Gasteiger charge is 2.29. The van der Waals surface area contributed by atoms with Crippen LogP contribution in [0.2, 0.25) is 0 Å². The van der Waals surface area contributed by atoms with Crippen LogP contribution in [-0.4, -0.2) is 31.1 Å². The van der Waals surface area contributed by atoms with Crippen molar-refractivity contribution >= 4 is 6.03 Å². The first-order valence-corrected chi connectivity index (χ1v) is 5.31. The van der Waals surface area contributed by atoms with Gasteiger partial charge in [0.05, 0.1) is 19.2 Å². The van der Waals surface area contributed by atoms with Crippen LogP contribution in [0.25, 0.3) is 0 Å². The highest BCUT2D eigenvalue weighted by molar-refractivity contribution is 5.77. The van der Waals surface area contributed by atoms with Gasteiger partial charge in [0.25, 0.3) is 0 Å². The van der Waals surface area contributed by atoms with Crippen molar-refractivity contribution < 1.29 is 9.53 Å². The van der Waals surface area contributed by atoms with Crippen LogP contribution in [0.5, 0.6) is 5.75 Å². The second kappa shape index (κ2) is 4.74. The summed E-state index contributed by atoms with van der Waals surface area (Å²) in [5.41, 5.74) is 1.01. The molecule has 2 amide bonds. The van der Waals surface area contributed by atoms with Gasteiger partial charge in [-0.25, -0.2) is 4.79 Å². The van der Waals surface area contributed by atoms with Crippen LogP contribution in [0.15, 0.2) is 24.3 Å². The van der Waals surface area contributed by atoms with Gasteiger partial charge in [-0.2, -0.15) is 5.26 Å². The number of carbonyl (C=O) groups is 1. The monoisotopic (exact) mass is 231 g/mol. The number of hydrogen-bond donors (Lipinski definition) is 1. The first-order chi connectivity index (χ1) is 8.24. The van der Waals surface area contributed by atoms with Crippen molar-refractivity contribution in [2.24, 2.45) is 0 Å². The average Bonchev–Trinajstić information content (AvgIpc) is 2.72. The van der Waals surface area contributed by atoms with Crippen LogP contribution < -0.4 is 10.1 Å². The minimum atomic E-state index is -0.188. The van der Waals surface area contributed by atoms with Gasteiger partial charge in [0.2, 0.25) is 0 Å². The fourth-order valence-electron chi connectivity index (χ4n) is 1.84. The smallest absolute Gasteiger partial charge is 0.318 e. The third-order valence-electron chi connectivity index (χ3n) is 2.77. The molecule has 1 aromatic carbocycles. The van der Waals surface area contributed by atoms with Gasteiger partial charge in [-0.15, -0.1) is 0 Å². The summed E-state index contributed by atoms with van der Waals surface area (Å²) in [7, 11) is 1.61. The Bertz CT molecular complexity index is 450. The maximum absolute atomic E-state index is 11.5. The molecule has 0 aliphatic carbocycles. The van der Waals surface area contributed by atoms with E-state index in [4.69, 9.17) is 10.00 Å². The number of nitrogens with zero attached hydrogens (tertiary/aromatic N) is 2. The zero-order valence-electron chi connectivity index (χ0n) is 9.51. The number of nitrogens with one attached hydrogen (secondary N) is 1. The highest BCUT2D eigenvalue weighted by atomic mass is 16.5. The molecule has 1 heterocycles. The van der Waals surface area contributed by atoms with Crippen LogP contribution in [0, 0.1) is 11.3 Å². The molecule has 1 N–H and O–H groups in total. The minimum absolute atomic E-state index is 0.0539. The van der Waals surface area contributed by atoms with E-state index in [0.29, 0.717) is 6.54 Å². The van der Waals surface area contributed by atoms with E-state index < -0.39 is 0 Å². The molecule has 0 aromatic heterocycles. The maximum Gasteiger partial charge on any atom is 0.318 e. The molecule has 1 unspecified atom stereocenters. The molecule has 0 saturated carbocycles. The summed E-state index contributed by atoms with van der Waals surface area (Å²) in [5, 5.41) is 11.4. The van der Waals surface area contributed by atoms with Crippen LogP contribution in [-0.2, 0) is 0 Å². The second-order valence-electron chi connectivity index (χ2n) is 3.81. The third kappa shape index (κ3) is 2.31. The molecule has 1 fully saturated rings. The number of rotatable bonds is 3. The minimum Gasteiger partial charge on any atom is -0.497 e. The van der Waals surface area contributed by atoms with E-state index in [1.165, 1.54) is 4.90 Å². The number of nitriles is 1. The van der Waals surface area contributed by atoms with E-state index in [2.05, 4.69) is 5.32 Å². The zero-order valence-corrected chi connectivity index (χ0v) is 9.51. The van der Waals surface area contributed by atoms with E-state index in [-0.39, 0.29) is 18.6 Å². The Hall–Kier alpha value is -2.22. The number of urea groups is 1. The Morgan fingerprint density at radius 2 is 2.24 bits per heavy atom. The largest absolute Gasteiger partial charge is 0.497 e. The average molecular weight is 231 g/mol. The molecule has 0 spiro atoms. The predicted octanol–water partition coefficient (Wildman–Crippen LogP) is 1.29. The SMILES string of the molecule is COc1ccc(C2CN(CC#N)C(=O)N2)cc1. The maximum atomic E-state index is 11.5. The summed E-state index contributed by atoms with van der Waals surface area (Å²) in [6.45, 7) is 0.650. The number of hydrogen-bond acceptors (Lipinski definition) is 3. The van der Waals surface area contributed by atoms with E-state index in [1.807, 2.05) is 30.3 Å². The molecule has 88 valence electrons. The van der Waals surface area contributed by atoms with Crippen molar-refractivity contribution in [1.82, 2.24) is 10.2 Å². The number of ether oxygens (including phenoxy) is 1. The molecule has 0 radical (unpaired) electrons. The molecule has 2 rings (SSSR count). The molecule has 1 aromatic rings. The summed E-state index contributed by atoms with van der Waals surface area (Å²) in [4.78, 5) is 13.0. The third-order valence-corrected chi connectivity index (χ3v) is 2.77. The van der Waals surface area contributed by atoms with Gasteiger partial charge < -0.3 is 15.0 Å². The number of methoxy groups -OCH3 is 1. The van der Waals surface area contributed by atoms with Gasteiger partial charge in [-0.3, -0.25) is 0 Å². The Morgan fingerprint density at radius 3 is 2.82 bits per heavy atom. The zero-order chi connectivity index (χ0) is 12.3. The summed E-state index contributed by atoms with van der Waals surface area (Å²) >= 11 is 0.